The van der Waals surface area contributed by atoms with Gasteiger partial charge in [0.2, 0.25) is 10.0 Å². The molecule has 1 aromatic carbocycles. The molecule has 28 heavy (non-hydrogen) atoms. The minimum absolute atomic E-state index is 0.0136. The summed E-state index contributed by atoms with van der Waals surface area (Å²) in [6, 6.07) is 5.80. The first-order chi connectivity index (χ1) is 13.5. The van der Waals surface area contributed by atoms with Gasteiger partial charge in [0.1, 0.15) is 0 Å². The first kappa shape index (κ1) is 20.5. The lowest BCUT2D eigenvalue weighted by molar-refractivity contribution is 0.102. The molecule has 0 unspecified atom stereocenters. The number of sulfonamides is 1. The summed E-state index contributed by atoms with van der Waals surface area (Å²) in [6.07, 6.45) is 8.79. The summed E-state index contributed by atoms with van der Waals surface area (Å²) in [6.45, 7) is 2.82. The minimum Gasteiger partial charge on any atom is -0.298 e. The number of nitrogens with one attached hydrogen (secondary N) is 2. The number of likely N-dealkylation sites (tertiary alicyclic amines) is 1. The van der Waals surface area contributed by atoms with Gasteiger partial charge in [0.05, 0.1) is 17.1 Å². The number of carbonyl (C=O) groups is 1. The monoisotopic (exact) mass is 418 g/mol. The second-order valence-corrected chi connectivity index (χ2v) is 9.12. The molecule has 1 aliphatic heterocycles. The molecule has 1 fully saturated rings. The Morgan fingerprint density at radius 3 is 2.82 bits per heavy atom. The van der Waals surface area contributed by atoms with Crippen LogP contribution in [0.15, 0.2) is 34.5 Å². The van der Waals surface area contributed by atoms with E-state index < -0.39 is 15.9 Å². The van der Waals surface area contributed by atoms with Gasteiger partial charge in [0, 0.05) is 17.5 Å². The minimum atomic E-state index is -3.75. The molecule has 0 bridgehead atoms. The number of hydrogen-bond acceptors (Lipinski definition) is 6. The number of nitrogens with zero attached hydrogens (tertiary/aromatic N) is 2. The Labute approximate surface area is 169 Å². The Hall–Kier alpha value is -2.25. The van der Waals surface area contributed by atoms with E-state index in [1.807, 2.05) is 5.38 Å². The zero-order valence-electron chi connectivity index (χ0n) is 15.3. The van der Waals surface area contributed by atoms with Crippen LogP contribution in [0.5, 0.6) is 0 Å². The first-order valence-corrected chi connectivity index (χ1v) is 11.4. The van der Waals surface area contributed by atoms with Gasteiger partial charge >= 0.3 is 0 Å². The molecule has 3 rings (SSSR count). The smallest absolute Gasteiger partial charge is 0.257 e. The highest BCUT2D eigenvalue weighted by molar-refractivity contribution is 7.89. The molecule has 2 heterocycles. The van der Waals surface area contributed by atoms with Gasteiger partial charge in [0.15, 0.2) is 5.13 Å². The predicted octanol–water partition coefficient (Wildman–Crippen LogP) is 2.29. The van der Waals surface area contributed by atoms with Gasteiger partial charge in [-0.2, -0.15) is 4.72 Å². The van der Waals surface area contributed by atoms with Crippen LogP contribution in [-0.4, -0.2) is 43.8 Å². The zero-order chi connectivity index (χ0) is 20.0. The highest BCUT2D eigenvalue weighted by Gasteiger charge is 2.17. The van der Waals surface area contributed by atoms with Gasteiger partial charge in [-0.25, -0.2) is 13.4 Å². The number of benzene rings is 1. The molecule has 0 atom stereocenters. The number of hydrogen-bond donors (Lipinski definition) is 2. The van der Waals surface area contributed by atoms with Crippen molar-refractivity contribution in [2.24, 2.45) is 0 Å². The topological polar surface area (TPSA) is 91.4 Å². The average Bonchev–Trinajstić information content (AvgIpc) is 3.14. The Morgan fingerprint density at radius 2 is 2.07 bits per heavy atom. The summed E-state index contributed by atoms with van der Waals surface area (Å²) in [7, 11) is -3.75. The lowest BCUT2D eigenvalue weighted by Gasteiger charge is -2.25. The second kappa shape index (κ2) is 9.30. The Morgan fingerprint density at radius 1 is 1.29 bits per heavy atom. The van der Waals surface area contributed by atoms with Crippen LogP contribution >= 0.6 is 11.3 Å². The fraction of sp³-hybridized carbons (Fsp3) is 0.368. The molecule has 0 saturated carbocycles. The van der Waals surface area contributed by atoms with Gasteiger partial charge in [-0.15, -0.1) is 17.8 Å². The summed E-state index contributed by atoms with van der Waals surface area (Å²) < 4.78 is 26.6. The number of amides is 1. The molecule has 0 aliphatic carbocycles. The van der Waals surface area contributed by atoms with Crippen molar-refractivity contribution in [2.75, 3.05) is 25.0 Å². The quantitative estimate of drug-likeness (QED) is 0.673. The van der Waals surface area contributed by atoms with Crippen molar-refractivity contribution >= 4 is 32.4 Å². The van der Waals surface area contributed by atoms with Crippen LogP contribution in [0, 0.1) is 12.3 Å². The lowest BCUT2D eigenvalue weighted by Crippen LogP contribution is -2.29. The largest absolute Gasteiger partial charge is 0.298 e. The molecule has 2 N–H and O–H groups in total. The molecule has 1 aliphatic rings. The standard InChI is InChI=1S/C19H22N4O3S2/c1-2-9-20-28(25,26)17-8-6-7-15(12-17)18(24)22-19-21-16(14-27-19)13-23-10-4-3-5-11-23/h1,6-8,12,14,20H,3-5,9-11,13H2,(H,21,22,24). The van der Waals surface area contributed by atoms with E-state index in [0.717, 1.165) is 25.3 Å². The number of carbonyl (C=O) groups excluding carboxylic acids is 1. The van der Waals surface area contributed by atoms with Crippen molar-refractivity contribution in [3.63, 3.8) is 0 Å². The van der Waals surface area contributed by atoms with Crippen LogP contribution in [0.3, 0.4) is 0 Å². The number of piperidine rings is 1. The number of terminal acetylenes is 1. The fourth-order valence-corrected chi connectivity index (χ4v) is 4.65. The zero-order valence-corrected chi connectivity index (χ0v) is 17.0. The van der Waals surface area contributed by atoms with E-state index >= 15 is 0 Å². The van der Waals surface area contributed by atoms with E-state index in [-0.39, 0.29) is 17.0 Å². The van der Waals surface area contributed by atoms with Gasteiger partial charge < -0.3 is 0 Å². The summed E-state index contributed by atoms with van der Waals surface area (Å²) in [5, 5.41) is 5.18. The third-order valence-electron chi connectivity index (χ3n) is 4.38. The summed E-state index contributed by atoms with van der Waals surface area (Å²) in [5.74, 6) is 1.81. The van der Waals surface area contributed by atoms with Crippen molar-refractivity contribution in [1.29, 1.82) is 0 Å². The molecule has 0 spiro atoms. The van der Waals surface area contributed by atoms with Crippen molar-refractivity contribution in [3.8, 4) is 12.3 Å². The molecular formula is C19H22N4O3S2. The predicted molar refractivity (Wildman–Crippen MR) is 110 cm³/mol. The first-order valence-electron chi connectivity index (χ1n) is 8.99. The average molecular weight is 419 g/mol. The van der Waals surface area contributed by atoms with Crippen LogP contribution in [-0.2, 0) is 16.6 Å². The van der Waals surface area contributed by atoms with E-state index in [1.54, 1.807) is 6.07 Å². The fourth-order valence-electron chi connectivity index (χ4n) is 2.98. The SMILES string of the molecule is C#CCNS(=O)(=O)c1cccc(C(=O)Nc2nc(CN3CCCCC3)cs2)c1. The molecule has 1 saturated heterocycles. The van der Waals surface area contributed by atoms with Gasteiger partial charge in [0.25, 0.3) is 5.91 Å². The molecule has 148 valence electrons. The molecular weight excluding hydrogens is 396 g/mol. The normalized spacial score (nSPS) is 15.1. The van der Waals surface area contributed by atoms with Crippen LogP contribution in [0.1, 0.15) is 35.3 Å². The molecule has 1 amide bonds. The molecule has 0 radical (unpaired) electrons. The Balaban J connectivity index is 1.65. The second-order valence-electron chi connectivity index (χ2n) is 6.49. The number of anilines is 1. The van der Waals surface area contributed by atoms with E-state index in [0.29, 0.717) is 5.13 Å². The van der Waals surface area contributed by atoms with Crippen molar-refractivity contribution < 1.29 is 13.2 Å². The van der Waals surface area contributed by atoms with Crippen LogP contribution in [0.4, 0.5) is 5.13 Å². The van der Waals surface area contributed by atoms with Crippen LogP contribution < -0.4 is 10.0 Å². The van der Waals surface area contributed by atoms with E-state index in [1.165, 1.54) is 48.8 Å². The number of rotatable bonds is 7. The summed E-state index contributed by atoms with van der Waals surface area (Å²) in [5.41, 5.74) is 1.16. The third kappa shape index (κ3) is 5.39. The van der Waals surface area contributed by atoms with Gasteiger partial charge in [-0.1, -0.05) is 18.4 Å². The molecule has 9 heteroatoms. The van der Waals surface area contributed by atoms with Crippen LogP contribution in [0.2, 0.25) is 0 Å². The maximum atomic E-state index is 12.5. The molecule has 1 aromatic heterocycles. The van der Waals surface area contributed by atoms with Crippen molar-refractivity contribution in [1.82, 2.24) is 14.6 Å². The number of thiazole rings is 1. The van der Waals surface area contributed by atoms with E-state index in [4.69, 9.17) is 6.42 Å². The third-order valence-corrected chi connectivity index (χ3v) is 6.58. The summed E-state index contributed by atoms with van der Waals surface area (Å²) in [4.78, 5) is 19.3. The van der Waals surface area contributed by atoms with Crippen molar-refractivity contribution in [2.45, 2.75) is 30.7 Å². The highest BCUT2D eigenvalue weighted by atomic mass is 32.2. The van der Waals surface area contributed by atoms with Gasteiger partial charge in [-0.3, -0.25) is 15.0 Å². The molecule has 7 nitrogen and oxygen atoms in total. The maximum Gasteiger partial charge on any atom is 0.257 e. The molecule has 2 aromatic rings. The number of aromatic nitrogens is 1. The van der Waals surface area contributed by atoms with E-state index in [2.05, 4.69) is 25.8 Å². The maximum absolute atomic E-state index is 12.5. The van der Waals surface area contributed by atoms with Gasteiger partial charge in [-0.05, 0) is 44.1 Å². The lowest BCUT2D eigenvalue weighted by atomic mass is 10.1. The summed E-state index contributed by atoms with van der Waals surface area (Å²) >= 11 is 1.36. The Kier molecular flexibility index (Phi) is 6.80. The highest BCUT2D eigenvalue weighted by Crippen LogP contribution is 2.20. The van der Waals surface area contributed by atoms with Crippen LogP contribution in [0.25, 0.3) is 0 Å². The van der Waals surface area contributed by atoms with E-state index in [9.17, 15) is 13.2 Å². The Bertz CT molecular complexity index is 973. The van der Waals surface area contributed by atoms with Crippen molar-refractivity contribution in [3.05, 3.63) is 40.9 Å².